The molecule has 0 unspecified atom stereocenters. The molecule has 0 aliphatic carbocycles. The van der Waals surface area contributed by atoms with Gasteiger partial charge in [-0.05, 0) is 11.8 Å². The second-order valence-electron chi connectivity index (χ2n) is 5.21. The van der Waals surface area contributed by atoms with Crippen molar-refractivity contribution in [3.63, 3.8) is 0 Å². The van der Waals surface area contributed by atoms with E-state index in [-0.39, 0.29) is 11.2 Å². The van der Waals surface area contributed by atoms with Crippen molar-refractivity contribution in [3.05, 3.63) is 11.9 Å². The van der Waals surface area contributed by atoms with Crippen molar-refractivity contribution in [1.29, 1.82) is 0 Å². The van der Waals surface area contributed by atoms with Crippen LogP contribution in [0.3, 0.4) is 0 Å². The van der Waals surface area contributed by atoms with E-state index in [2.05, 4.69) is 37.2 Å². The third-order valence-electron chi connectivity index (χ3n) is 2.22. The van der Waals surface area contributed by atoms with Crippen molar-refractivity contribution >= 4 is 17.7 Å². The van der Waals surface area contributed by atoms with Crippen LogP contribution in [0.2, 0.25) is 0 Å². The second kappa shape index (κ2) is 5.58. The molecular weight excluding hydrogens is 236 g/mol. The van der Waals surface area contributed by atoms with Crippen LogP contribution >= 0.6 is 11.8 Å². The summed E-state index contributed by atoms with van der Waals surface area (Å²) in [5.41, 5.74) is 1.32. The number of nitrogens with zero attached hydrogens (tertiary/aromatic N) is 2. The van der Waals surface area contributed by atoms with E-state index in [4.69, 9.17) is 5.11 Å². The van der Waals surface area contributed by atoms with Gasteiger partial charge in [0, 0.05) is 18.4 Å². The highest BCUT2D eigenvalue weighted by Gasteiger charge is 2.17. The lowest BCUT2D eigenvalue weighted by Crippen LogP contribution is -2.18. The molecule has 1 rings (SSSR count). The van der Waals surface area contributed by atoms with Crippen LogP contribution in [0.5, 0.6) is 0 Å². The zero-order chi connectivity index (χ0) is 13.1. The lowest BCUT2D eigenvalue weighted by molar-refractivity contribution is -0.133. The average molecular weight is 256 g/mol. The van der Waals surface area contributed by atoms with E-state index in [9.17, 15) is 4.79 Å². The zero-order valence-electron chi connectivity index (χ0n) is 10.9. The Morgan fingerprint density at radius 1 is 1.53 bits per heavy atom. The van der Waals surface area contributed by atoms with Gasteiger partial charge in [-0.2, -0.15) is 0 Å². The Balaban J connectivity index is 2.89. The number of carboxylic acids is 1. The molecule has 0 amide bonds. The molecule has 17 heavy (non-hydrogen) atoms. The van der Waals surface area contributed by atoms with Gasteiger partial charge < -0.3 is 9.67 Å². The quantitative estimate of drug-likeness (QED) is 0.823. The van der Waals surface area contributed by atoms with E-state index in [1.807, 2.05) is 6.20 Å². The Kier molecular flexibility index (Phi) is 4.62. The fourth-order valence-corrected chi connectivity index (χ4v) is 2.28. The van der Waals surface area contributed by atoms with E-state index in [0.29, 0.717) is 0 Å². The minimum atomic E-state index is -0.807. The minimum Gasteiger partial charge on any atom is -0.481 e. The van der Waals surface area contributed by atoms with Gasteiger partial charge in [0.15, 0.2) is 5.16 Å². The van der Waals surface area contributed by atoms with Crippen LogP contribution in [-0.2, 0) is 17.8 Å². The monoisotopic (exact) mass is 256 g/mol. The van der Waals surface area contributed by atoms with Crippen molar-refractivity contribution in [2.45, 2.75) is 45.8 Å². The molecule has 0 aliphatic rings. The van der Waals surface area contributed by atoms with Crippen LogP contribution in [0.15, 0.2) is 11.4 Å². The van der Waals surface area contributed by atoms with E-state index >= 15 is 0 Å². The average Bonchev–Trinajstić information content (AvgIpc) is 2.55. The molecule has 0 saturated carbocycles. The Bertz CT molecular complexity index is 394. The molecule has 1 aromatic rings. The molecule has 0 aromatic carbocycles. The van der Waals surface area contributed by atoms with Gasteiger partial charge in [-0.15, -0.1) is 0 Å². The smallest absolute Gasteiger partial charge is 0.313 e. The van der Waals surface area contributed by atoms with Gasteiger partial charge in [0.25, 0.3) is 0 Å². The normalized spacial score (nSPS) is 11.8. The molecular formula is C12H20N2O2S. The molecule has 0 saturated heterocycles. The van der Waals surface area contributed by atoms with Gasteiger partial charge in [0.1, 0.15) is 0 Å². The first-order valence-electron chi connectivity index (χ1n) is 5.72. The number of carbonyl (C=O) groups is 1. The van der Waals surface area contributed by atoms with Crippen LogP contribution < -0.4 is 0 Å². The highest BCUT2D eigenvalue weighted by Crippen LogP contribution is 2.24. The summed E-state index contributed by atoms with van der Waals surface area (Å²) in [6.07, 6.45) is 2.76. The van der Waals surface area contributed by atoms with Crippen molar-refractivity contribution in [2.24, 2.45) is 5.41 Å². The molecule has 0 radical (unpaired) electrons. The van der Waals surface area contributed by atoms with Gasteiger partial charge in [0.2, 0.25) is 0 Å². The predicted molar refractivity (Wildman–Crippen MR) is 69.4 cm³/mol. The van der Waals surface area contributed by atoms with Crippen LogP contribution in [0.1, 0.15) is 33.4 Å². The number of hydrogen-bond donors (Lipinski definition) is 1. The molecule has 0 fully saturated rings. The lowest BCUT2D eigenvalue weighted by Gasteiger charge is -2.21. The summed E-state index contributed by atoms with van der Waals surface area (Å²) < 4.78 is 2.13. The van der Waals surface area contributed by atoms with Gasteiger partial charge in [-0.3, -0.25) is 4.79 Å². The Morgan fingerprint density at radius 3 is 2.65 bits per heavy atom. The van der Waals surface area contributed by atoms with E-state index in [0.717, 1.165) is 23.8 Å². The maximum Gasteiger partial charge on any atom is 0.313 e. The van der Waals surface area contributed by atoms with Crippen LogP contribution in [0.25, 0.3) is 0 Å². The summed E-state index contributed by atoms with van der Waals surface area (Å²) in [4.78, 5) is 14.9. The largest absolute Gasteiger partial charge is 0.481 e. The molecule has 1 aromatic heterocycles. The molecule has 1 N–H and O–H groups in total. The Morgan fingerprint density at radius 2 is 2.18 bits per heavy atom. The van der Waals surface area contributed by atoms with Crippen molar-refractivity contribution in [1.82, 2.24) is 9.55 Å². The number of aromatic nitrogens is 2. The first kappa shape index (κ1) is 14.1. The van der Waals surface area contributed by atoms with Gasteiger partial charge in [-0.1, -0.05) is 39.5 Å². The van der Waals surface area contributed by atoms with Crippen molar-refractivity contribution in [2.75, 3.05) is 5.75 Å². The number of aliphatic carboxylic acids is 1. The number of hydrogen-bond acceptors (Lipinski definition) is 3. The molecule has 0 atom stereocenters. The fraction of sp³-hybridized carbons (Fsp3) is 0.667. The van der Waals surface area contributed by atoms with Crippen molar-refractivity contribution in [3.8, 4) is 0 Å². The number of aryl methyl sites for hydroxylation is 1. The predicted octanol–water partition coefficient (Wildman–Crippen LogP) is 2.67. The molecule has 4 nitrogen and oxygen atoms in total. The molecule has 0 aliphatic heterocycles. The van der Waals surface area contributed by atoms with E-state index < -0.39 is 5.97 Å². The zero-order valence-corrected chi connectivity index (χ0v) is 11.7. The maximum absolute atomic E-state index is 10.6. The van der Waals surface area contributed by atoms with E-state index in [1.165, 1.54) is 11.8 Å². The molecule has 96 valence electrons. The Hall–Kier alpha value is -0.970. The second-order valence-corrected chi connectivity index (χ2v) is 6.16. The van der Waals surface area contributed by atoms with Gasteiger partial charge in [0.05, 0.1) is 5.75 Å². The fourth-order valence-electron chi connectivity index (χ4n) is 1.56. The maximum atomic E-state index is 10.6. The summed E-state index contributed by atoms with van der Waals surface area (Å²) in [7, 11) is 0. The van der Waals surface area contributed by atoms with Gasteiger partial charge in [-0.25, -0.2) is 4.98 Å². The van der Waals surface area contributed by atoms with Crippen molar-refractivity contribution < 1.29 is 9.90 Å². The molecule has 5 heteroatoms. The first-order chi connectivity index (χ1) is 7.83. The number of rotatable bonds is 5. The summed E-state index contributed by atoms with van der Waals surface area (Å²) in [6, 6.07) is 0. The molecule has 0 spiro atoms. The minimum absolute atomic E-state index is 0.0598. The van der Waals surface area contributed by atoms with Crippen LogP contribution in [0, 0.1) is 5.41 Å². The Labute approximate surface area is 106 Å². The standard InChI is InChI=1S/C12H20N2O2S/c1-5-9-6-13-11(17-7-10(15)16)14(9)8-12(2,3)4/h6H,5,7-8H2,1-4H3,(H,15,16). The number of imidazole rings is 1. The lowest BCUT2D eigenvalue weighted by atomic mass is 9.97. The van der Waals surface area contributed by atoms with E-state index in [1.54, 1.807) is 0 Å². The highest BCUT2D eigenvalue weighted by molar-refractivity contribution is 7.99. The third kappa shape index (κ3) is 4.42. The molecule has 1 heterocycles. The van der Waals surface area contributed by atoms with Crippen LogP contribution in [0.4, 0.5) is 0 Å². The van der Waals surface area contributed by atoms with Crippen LogP contribution in [-0.4, -0.2) is 26.4 Å². The SMILES string of the molecule is CCc1cnc(SCC(=O)O)n1CC(C)(C)C. The summed E-state index contributed by atoms with van der Waals surface area (Å²) in [6.45, 7) is 9.44. The summed E-state index contributed by atoms with van der Waals surface area (Å²) in [5, 5.41) is 9.51. The summed E-state index contributed by atoms with van der Waals surface area (Å²) in [5.74, 6) is -0.747. The third-order valence-corrected chi connectivity index (χ3v) is 3.20. The topological polar surface area (TPSA) is 55.1 Å². The first-order valence-corrected chi connectivity index (χ1v) is 6.71. The van der Waals surface area contributed by atoms with Gasteiger partial charge >= 0.3 is 5.97 Å². The molecule has 0 bridgehead atoms. The number of carboxylic acid groups (broad SMARTS) is 1. The number of thioether (sulfide) groups is 1. The summed E-state index contributed by atoms with van der Waals surface area (Å²) >= 11 is 1.28. The highest BCUT2D eigenvalue weighted by atomic mass is 32.2.